The van der Waals surface area contributed by atoms with Crippen LogP contribution >= 0.6 is 0 Å². The average Bonchev–Trinajstić information content (AvgIpc) is 2.13. The molecule has 1 saturated heterocycles. The fourth-order valence-corrected chi connectivity index (χ4v) is 1.23. The minimum absolute atomic E-state index is 0.0734. The first-order valence-corrected chi connectivity index (χ1v) is 3.59. The average molecular weight is 145 g/mol. The second kappa shape index (κ2) is 2.86. The van der Waals surface area contributed by atoms with Gasteiger partial charge in [0.1, 0.15) is 0 Å². The van der Waals surface area contributed by atoms with Crippen molar-refractivity contribution < 1.29 is 9.57 Å². The molecule has 1 rings (SSSR count). The molecule has 10 heavy (non-hydrogen) atoms. The van der Waals surface area contributed by atoms with Gasteiger partial charge in [0.15, 0.2) is 0 Å². The lowest BCUT2D eigenvalue weighted by Crippen LogP contribution is -2.42. The molecule has 0 bridgehead atoms. The standard InChI is InChI=1S/C7H15NO2/c1-7(2)6(8-9-3)4-5-10-7/h6,8H,4-5H2,1-3H3. The first-order valence-electron chi connectivity index (χ1n) is 3.59. The Balaban J connectivity index is 2.43. The normalized spacial score (nSPS) is 30.9. The van der Waals surface area contributed by atoms with Crippen LogP contribution in [0, 0.1) is 0 Å². The van der Waals surface area contributed by atoms with Crippen molar-refractivity contribution in [1.29, 1.82) is 0 Å². The minimum atomic E-state index is -0.0734. The Hall–Kier alpha value is -0.120. The molecule has 0 aromatic rings. The SMILES string of the molecule is CONC1CCOC1(C)C. The van der Waals surface area contributed by atoms with E-state index < -0.39 is 0 Å². The van der Waals surface area contributed by atoms with Crippen LogP contribution in [-0.4, -0.2) is 25.4 Å². The van der Waals surface area contributed by atoms with Crippen molar-refractivity contribution >= 4 is 0 Å². The van der Waals surface area contributed by atoms with E-state index in [1.807, 2.05) is 0 Å². The summed E-state index contributed by atoms with van der Waals surface area (Å²) in [7, 11) is 1.63. The predicted molar refractivity (Wildman–Crippen MR) is 38.6 cm³/mol. The maximum Gasteiger partial charge on any atom is 0.0802 e. The number of hydrogen-bond donors (Lipinski definition) is 1. The summed E-state index contributed by atoms with van der Waals surface area (Å²) in [6.07, 6.45) is 1.03. The summed E-state index contributed by atoms with van der Waals surface area (Å²) in [5.74, 6) is 0. The third-order valence-electron chi connectivity index (χ3n) is 1.98. The van der Waals surface area contributed by atoms with Crippen molar-refractivity contribution in [1.82, 2.24) is 5.48 Å². The Morgan fingerprint density at radius 1 is 1.60 bits per heavy atom. The van der Waals surface area contributed by atoms with E-state index in [0.717, 1.165) is 13.0 Å². The Bertz CT molecular complexity index is 114. The van der Waals surface area contributed by atoms with Gasteiger partial charge in [0.25, 0.3) is 0 Å². The number of ether oxygens (including phenoxy) is 1. The van der Waals surface area contributed by atoms with Crippen molar-refractivity contribution in [2.45, 2.75) is 31.9 Å². The zero-order valence-electron chi connectivity index (χ0n) is 6.81. The first-order chi connectivity index (χ1) is 4.67. The molecule has 0 spiro atoms. The molecule has 1 fully saturated rings. The third-order valence-corrected chi connectivity index (χ3v) is 1.98. The lowest BCUT2D eigenvalue weighted by atomic mass is 10.0. The van der Waals surface area contributed by atoms with Crippen LogP contribution in [0.1, 0.15) is 20.3 Å². The smallest absolute Gasteiger partial charge is 0.0802 e. The van der Waals surface area contributed by atoms with Gasteiger partial charge in [-0.25, -0.2) is 0 Å². The van der Waals surface area contributed by atoms with Crippen LogP contribution in [0.2, 0.25) is 0 Å². The highest BCUT2D eigenvalue weighted by atomic mass is 16.6. The molecule has 1 heterocycles. The van der Waals surface area contributed by atoms with Gasteiger partial charge in [-0.05, 0) is 20.3 Å². The Labute approximate surface area is 61.7 Å². The summed E-state index contributed by atoms with van der Waals surface area (Å²) in [6, 6.07) is 0.331. The van der Waals surface area contributed by atoms with Crippen LogP contribution in [-0.2, 0) is 9.57 Å². The van der Waals surface area contributed by atoms with Gasteiger partial charge in [-0.2, -0.15) is 5.48 Å². The van der Waals surface area contributed by atoms with Crippen molar-refractivity contribution in [3.63, 3.8) is 0 Å². The molecule has 3 heteroatoms. The van der Waals surface area contributed by atoms with Gasteiger partial charge < -0.3 is 9.57 Å². The quantitative estimate of drug-likeness (QED) is 0.580. The minimum Gasteiger partial charge on any atom is -0.374 e. The van der Waals surface area contributed by atoms with Gasteiger partial charge in [-0.1, -0.05) is 0 Å². The molecule has 0 aromatic heterocycles. The van der Waals surface area contributed by atoms with Crippen LogP contribution < -0.4 is 5.48 Å². The Morgan fingerprint density at radius 2 is 2.30 bits per heavy atom. The second-order valence-corrected chi connectivity index (χ2v) is 3.12. The number of rotatable bonds is 2. The number of hydrogen-bond acceptors (Lipinski definition) is 3. The lowest BCUT2D eigenvalue weighted by Gasteiger charge is -2.25. The van der Waals surface area contributed by atoms with Crippen LogP contribution in [0.4, 0.5) is 0 Å². The van der Waals surface area contributed by atoms with E-state index in [9.17, 15) is 0 Å². The van der Waals surface area contributed by atoms with E-state index in [0.29, 0.717) is 6.04 Å². The summed E-state index contributed by atoms with van der Waals surface area (Å²) >= 11 is 0. The van der Waals surface area contributed by atoms with Crippen LogP contribution in [0.5, 0.6) is 0 Å². The summed E-state index contributed by atoms with van der Waals surface area (Å²) in [6.45, 7) is 4.96. The highest BCUT2D eigenvalue weighted by Crippen LogP contribution is 2.24. The van der Waals surface area contributed by atoms with E-state index in [-0.39, 0.29) is 5.60 Å². The summed E-state index contributed by atoms with van der Waals surface area (Å²) in [4.78, 5) is 4.83. The van der Waals surface area contributed by atoms with Crippen molar-refractivity contribution in [3.8, 4) is 0 Å². The Morgan fingerprint density at radius 3 is 2.70 bits per heavy atom. The zero-order valence-corrected chi connectivity index (χ0v) is 6.81. The number of hydroxylamine groups is 1. The van der Waals surface area contributed by atoms with Crippen molar-refractivity contribution in [3.05, 3.63) is 0 Å². The summed E-state index contributed by atoms with van der Waals surface area (Å²) in [5, 5.41) is 0. The molecule has 3 nitrogen and oxygen atoms in total. The topological polar surface area (TPSA) is 30.5 Å². The molecule has 1 N–H and O–H groups in total. The van der Waals surface area contributed by atoms with E-state index in [2.05, 4.69) is 19.3 Å². The maximum atomic E-state index is 5.46. The van der Waals surface area contributed by atoms with Gasteiger partial charge >= 0.3 is 0 Å². The molecule has 0 aromatic carbocycles. The molecule has 0 radical (unpaired) electrons. The third kappa shape index (κ3) is 1.48. The molecule has 1 aliphatic heterocycles. The molecule has 1 atom stereocenters. The van der Waals surface area contributed by atoms with Gasteiger partial charge in [-0.3, -0.25) is 0 Å². The van der Waals surface area contributed by atoms with Gasteiger partial charge in [-0.15, -0.1) is 0 Å². The Kier molecular flexibility index (Phi) is 2.28. The van der Waals surface area contributed by atoms with Gasteiger partial charge in [0, 0.05) is 6.61 Å². The monoisotopic (exact) mass is 145 g/mol. The predicted octanol–water partition coefficient (Wildman–Crippen LogP) is 0.705. The highest BCUT2D eigenvalue weighted by Gasteiger charge is 2.35. The van der Waals surface area contributed by atoms with Crippen LogP contribution in [0.15, 0.2) is 0 Å². The van der Waals surface area contributed by atoms with E-state index in [1.54, 1.807) is 7.11 Å². The van der Waals surface area contributed by atoms with Crippen molar-refractivity contribution in [2.75, 3.05) is 13.7 Å². The molecule has 1 unspecified atom stereocenters. The van der Waals surface area contributed by atoms with Crippen LogP contribution in [0.3, 0.4) is 0 Å². The van der Waals surface area contributed by atoms with Crippen molar-refractivity contribution in [2.24, 2.45) is 0 Å². The summed E-state index contributed by atoms with van der Waals surface area (Å²) in [5.41, 5.74) is 2.84. The van der Waals surface area contributed by atoms with Crippen LogP contribution in [0.25, 0.3) is 0 Å². The highest BCUT2D eigenvalue weighted by molar-refractivity contribution is 4.88. The largest absolute Gasteiger partial charge is 0.374 e. The zero-order chi connectivity index (χ0) is 7.61. The molecule has 0 aliphatic carbocycles. The molecule has 60 valence electrons. The lowest BCUT2D eigenvalue weighted by molar-refractivity contribution is -0.0255. The number of nitrogens with one attached hydrogen (secondary N) is 1. The second-order valence-electron chi connectivity index (χ2n) is 3.12. The fraction of sp³-hybridized carbons (Fsp3) is 1.00. The van der Waals surface area contributed by atoms with Gasteiger partial charge in [0.05, 0.1) is 18.8 Å². The maximum absolute atomic E-state index is 5.46. The molecule has 1 aliphatic rings. The first kappa shape index (κ1) is 7.98. The fourth-order valence-electron chi connectivity index (χ4n) is 1.23. The van der Waals surface area contributed by atoms with E-state index in [1.165, 1.54) is 0 Å². The molecular formula is C7H15NO2. The molecule has 0 amide bonds. The summed E-state index contributed by atoms with van der Waals surface area (Å²) < 4.78 is 5.46. The molecule has 0 saturated carbocycles. The van der Waals surface area contributed by atoms with E-state index >= 15 is 0 Å². The molecular weight excluding hydrogens is 130 g/mol. The van der Waals surface area contributed by atoms with Gasteiger partial charge in [0.2, 0.25) is 0 Å². The van der Waals surface area contributed by atoms with E-state index in [4.69, 9.17) is 9.57 Å².